The highest BCUT2D eigenvalue weighted by atomic mass is 16.1. The third kappa shape index (κ3) is 0.736. The molecule has 2 aliphatic heterocycles. The van der Waals surface area contributed by atoms with Crippen molar-refractivity contribution in [2.45, 2.75) is 6.42 Å². The van der Waals surface area contributed by atoms with Gasteiger partial charge in [0.1, 0.15) is 0 Å². The number of hydrogen-bond donors (Lipinski definition) is 1. The van der Waals surface area contributed by atoms with Crippen molar-refractivity contribution >= 4 is 6.41 Å². The maximum Gasteiger partial charge on any atom is 0.209 e. The zero-order valence-corrected chi connectivity index (χ0v) is 5.97. The molecule has 0 aliphatic carbocycles. The van der Waals surface area contributed by atoms with Gasteiger partial charge in [0, 0.05) is 25.0 Å². The fourth-order valence-electron chi connectivity index (χ4n) is 1.96. The quantitative estimate of drug-likeness (QED) is 0.495. The van der Waals surface area contributed by atoms with E-state index in [0.29, 0.717) is 5.41 Å². The highest BCUT2D eigenvalue weighted by Crippen LogP contribution is 2.34. The predicted octanol–water partition coefficient (Wildman–Crippen LogP) is -0.562. The first-order chi connectivity index (χ1) is 4.85. The van der Waals surface area contributed by atoms with E-state index in [9.17, 15) is 4.79 Å². The summed E-state index contributed by atoms with van der Waals surface area (Å²) in [5.74, 6) is 0. The van der Waals surface area contributed by atoms with Crippen LogP contribution in [0.1, 0.15) is 6.42 Å². The van der Waals surface area contributed by atoms with Gasteiger partial charge in [-0.05, 0) is 13.0 Å². The van der Waals surface area contributed by atoms with Gasteiger partial charge in [-0.2, -0.15) is 0 Å². The molecular formula is C7H12N2O. The van der Waals surface area contributed by atoms with Gasteiger partial charge < -0.3 is 10.2 Å². The summed E-state index contributed by atoms with van der Waals surface area (Å²) in [6, 6.07) is 0. The fraction of sp³-hybridized carbons (Fsp3) is 0.857. The van der Waals surface area contributed by atoms with E-state index in [0.717, 1.165) is 32.6 Å². The Morgan fingerprint density at radius 3 is 2.80 bits per heavy atom. The topological polar surface area (TPSA) is 32.3 Å². The maximum atomic E-state index is 10.2. The summed E-state index contributed by atoms with van der Waals surface area (Å²) in [5, 5.41) is 3.32. The van der Waals surface area contributed by atoms with E-state index in [1.54, 1.807) is 0 Å². The molecule has 2 heterocycles. The van der Waals surface area contributed by atoms with E-state index in [1.165, 1.54) is 6.42 Å². The van der Waals surface area contributed by atoms with Gasteiger partial charge in [-0.15, -0.1) is 0 Å². The minimum Gasteiger partial charge on any atom is -0.344 e. The number of likely N-dealkylation sites (tertiary alicyclic amines) is 1. The van der Waals surface area contributed by atoms with E-state index < -0.39 is 0 Å². The molecule has 2 aliphatic rings. The van der Waals surface area contributed by atoms with Crippen LogP contribution in [0.5, 0.6) is 0 Å². The molecule has 56 valence electrons. The molecule has 1 amide bonds. The molecule has 0 radical (unpaired) electrons. The van der Waals surface area contributed by atoms with Crippen molar-refractivity contribution in [1.29, 1.82) is 0 Å². The fourth-order valence-corrected chi connectivity index (χ4v) is 1.96. The maximum absolute atomic E-state index is 10.2. The van der Waals surface area contributed by atoms with E-state index >= 15 is 0 Å². The molecule has 2 saturated heterocycles. The largest absolute Gasteiger partial charge is 0.344 e. The van der Waals surface area contributed by atoms with Crippen LogP contribution in [0.25, 0.3) is 0 Å². The van der Waals surface area contributed by atoms with Gasteiger partial charge in [0.2, 0.25) is 6.41 Å². The predicted molar refractivity (Wildman–Crippen MR) is 37.6 cm³/mol. The van der Waals surface area contributed by atoms with Gasteiger partial charge in [0.25, 0.3) is 0 Å². The number of nitrogens with zero attached hydrogens (tertiary/aromatic N) is 1. The van der Waals surface area contributed by atoms with Gasteiger partial charge in [0.05, 0.1) is 0 Å². The Hall–Kier alpha value is -0.570. The molecule has 0 aromatic rings. The summed E-state index contributed by atoms with van der Waals surface area (Å²) in [7, 11) is 0. The molecule has 0 saturated carbocycles. The minimum atomic E-state index is 0.473. The molecule has 0 aromatic heterocycles. The van der Waals surface area contributed by atoms with E-state index in [-0.39, 0.29) is 0 Å². The molecule has 3 nitrogen and oxygen atoms in total. The van der Waals surface area contributed by atoms with E-state index in [2.05, 4.69) is 5.32 Å². The summed E-state index contributed by atoms with van der Waals surface area (Å²) in [5.41, 5.74) is 0.473. The van der Waals surface area contributed by atoms with Crippen LogP contribution in [0, 0.1) is 5.41 Å². The Labute approximate surface area is 60.4 Å². The highest BCUT2D eigenvalue weighted by Gasteiger charge is 2.44. The van der Waals surface area contributed by atoms with Crippen molar-refractivity contribution in [3.63, 3.8) is 0 Å². The molecule has 0 unspecified atom stereocenters. The van der Waals surface area contributed by atoms with Gasteiger partial charge in [0.15, 0.2) is 0 Å². The highest BCUT2D eigenvalue weighted by molar-refractivity contribution is 5.49. The molecule has 2 rings (SSSR count). The SMILES string of the molecule is O=CN1CC2(CCNC2)C1. The van der Waals surface area contributed by atoms with E-state index in [1.807, 2.05) is 4.90 Å². The normalized spacial score (nSPS) is 28.6. The second kappa shape index (κ2) is 1.95. The van der Waals surface area contributed by atoms with Crippen molar-refractivity contribution in [3.05, 3.63) is 0 Å². The molecule has 3 heteroatoms. The van der Waals surface area contributed by atoms with Crippen LogP contribution in [0.3, 0.4) is 0 Å². The lowest BCUT2D eigenvalue weighted by atomic mass is 9.80. The zero-order valence-electron chi connectivity index (χ0n) is 5.97. The Balaban J connectivity index is 1.92. The number of carbonyl (C=O) groups is 1. The number of rotatable bonds is 1. The van der Waals surface area contributed by atoms with Gasteiger partial charge in [-0.3, -0.25) is 4.79 Å². The summed E-state index contributed by atoms with van der Waals surface area (Å²) in [6.07, 6.45) is 2.20. The van der Waals surface area contributed by atoms with Crippen LogP contribution in [0.4, 0.5) is 0 Å². The standard InChI is InChI=1S/C7H12N2O/c10-6-9-4-7(5-9)1-2-8-3-7/h6,8H,1-5H2. The molecule has 0 aromatic carbocycles. The average molecular weight is 140 g/mol. The zero-order chi connectivity index (χ0) is 7.03. The lowest BCUT2D eigenvalue weighted by Crippen LogP contribution is -2.56. The van der Waals surface area contributed by atoms with Gasteiger partial charge in [-0.25, -0.2) is 0 Å². The molecule has 10 heavy (non-hydrogen) atoms. The van der Waals surface area contributed by atoms with Crippen LogP contribution >= 0.6 is 0 Å². The second-order valence-electron chi connectivity index (χ2n) is 3.44. The van der Waals surface area contributed by atoms with Crippen molar-refractivity contribution < 1.29 is 4.79 Å². The first-order valence-electron chi connectivity index (χ1n) is 3.75. The van der Waals surface area contributed by atoms with Crippen LogP contribution < -0.4 is 5.32 Å². The molecule has 0 atom stereocenters. The number of hydrogen-bond acceptors (Lipinski definition) is 2. The van der Waals surface area contributed by atoms with Crippen molar-refractivity contribution in [2.24, 2.45) is 5.41 Å². The molecule has 0 bridgehead atoms. The summed E-state index contributed by atoms with van der Waals surface area (Å²) >= 11 is 0. The summed E-state index contributed by atoms with van der Waals surface area (Å²) < 4.78 is 0. The van der Waals surface area contributed by atoms with Gasteiger partial charge >= 0.3 is 0 Å². The van der Waals surface area contributed by atoms with Crippen molar-refractivity contribution in [3.8, 4) is 0 Å². The Kier molecular flexibility index (Phi) is 1.20. The molecule has 2 fully saturated rings. The lowest BCUT2D eigenvalue weighted by Gasteiger charge is -2.45. The monoisotopic (exact) mass is 140 g/mol. The Morgan fingerprint density at radius 2 is 2.30 bits per heavy atom. The summed E-state index contributed by atoms with van der Waals surface area (Å²) in [4.78, 5) is 12.1. The van der Waals surface area contributed by atoms with Gasteiger partial charge in [-0.1, -0.05) is 0 Å². The minimum absolute atomic E-state index is 0.473. The third-order valence-corrected chi connectivity index (χ3v) is 2.56. The van der Waals surface area contributed by atoms with Crippen LogP contribution in [-0.2, 0) is 4.79 Å². The van der Waals surface area contributed by atoms with E-state index in [4.69, 9.17) is 0 Å². The molecular weight excluding hydrogens is 128 g/mol. The molecule has 1 spiro atoms. The summed E-state index contributed by atoms with van der Waals surface area (Å²) in [6.45, 7) is 4.19. The average Bonchev–Trinajstić information content (AvgIpc) is 2.30. The van der Waals surface area contributed by atoms with Crippen molar-refractivity contribution in [1.82, 2.24) is 10.2 Å². The third-order valence-electron chi connectivity index (χ3n) is 2.56. The number of carbonyl (C=O) groups excluding carboxylic acids is 1. The Bertz CT molecular complexity index is 144. The van der Waals surface area contributed by atoms with Crippen LogP contribution in [0.15, 0.2) is 0 Å². The van der Waals surface area contributed by atoms with Crippen LogP contribution in [0.2, 0.25) is 0 Å². The first-order valence-corrected chi connectivity index (χ1v) is 3.75. The molecule has 1 N–H and O–H groups in total. The second-order valence-corrected chi connectivity index (χ2v) is 3.44. The van der Waals surface area contributed by atoms with Crippen LogP contribution in [-0.4, -0.2) is 37.5 Å². The Morgan fingerprint density at radius 1 is 1.50 bits per heavy atom. The number of nitrogens with one attached hydrogen (secondary N) is 1. The van der Waals surface area contributed by atoms with Crippen molar-refractivity contribution in [2.75, 3.05) is 26.2 Å². The lowest BCUT2D eigenvalue weighted by molar-refractivity contribution is -0.128. The number of amides is 1. The first kappa shape index (κ1) is 6.16. The smallest absolute Gasteiger partial charge is 0.209 e.